The van der Waals surface area contributed by atoms with Crippen molar-refractivity contribution in [1.29, 1.82) is 0 Å². The van der Waals surface area contributed by atoms with Crippen LogP contribution in [0.3, 0.4) is 0 Å². The Morgan fingerprint density at radius 2 is 2.00 bits per heavy atom. The second kappa shape index (κ2) is 6.08. The lowest BCUT2D eigenvalue weighted by molar-refractivity contribution is 0.175. The summed E-state index contributed by atoms with van der Waals surface area (Å²) in [6.07, 6.45) is 3.39. The van der Waals surface area contributed by atoms with Gasteiger partial charge in [0.25, 0.3) is 5.56 Å². The van der Waals surface area contributed by atoms with Gasteiger partial charge < -0.3 is 8.98 Å². The minimum Gasteiger partial charge on any atom is -0.458 e. The zero-order chi connectivity index (χ0) is 16.8. The third-order valence-corrected chi connectivity index (χ3v) is 6.14. The summed E-state index contributed by atoms with van der Waals surface area (Å²) in [4.78, 5) is 14.4. The molecule has 1 saturated heterocycles. The van der Waals surface area contributed by atoms with Gasteiger partial charge in [0.15, 0.2) is 5.58 Å². The largest absolute Gasteiger partial charge is 0.458 e. The summed E-state index contributed by atoms with van der Waals surface area (Å²) in [5.41, 5.74) is 0.530. The molecule has 0 amide bonds. The first kappa shape index (κ1) is 16.8. The quantitative estimate of drug-likeness (QED) is 0.726. The zero-order valence-corrected chi connectivity index (χ0v) is 15.7. The Labute approximate surface area is 143 Å². The Morgan fingerprint density at radius 1 is 1.35 bits per heavy atom. The molecule has 1 atom stereocenters. The van der Waals surface area contributed by atoms with Gasteiger partial charge in [-0.1, -0.05) is 0 Å². The molecule has 23 heavy (non-hydrogen) atoms. The maximum Gasteiger partial charge on any atom is 0.261 e. The molecule has 2 aromatic heterocycles. The van der Waals surface area contributed by atoms with Crippen LogP contribution in [-0.2, 0) is 23.3 Å². The summed E-state index contributed by atoms with van der Waals surface area (Å²) in [6.45, 7) is 3.70. The molecule has 6 nitrogen and oxygen atoms in total. The van der Waals surface area contributed by atoms with Crippen LogP contribution in [0.15, 0.2) is 25.9 Å². The van der Waals surface area contributed by atoms with Crippen LogP contribution in [0.25, 0.3) is 11.0 Å². The van der Waals surface area contributed by atoms with Crippen molar-refractivity contribution in [2.75, 3.05) is 32.4 Å². The SMILES string of the molecule is C=S(C)(=O)N1CCN(Cc2cc3c(=O)n(C)cc(Br)c3o2)CC1. The minimum atomic E-state index is -2.13. The van der Waals surface area contributed by atoms with Crippen LogP contribution < -0.4 is 5.56 Å². The van der Waals surface area contributed by atoms with Crippen LogP contribution in [0.4, 0.5) is 0 Å². The molecular formula is C15H20BrN3O3S. The number of fused-ring (bicyclic) bond motifs is 1. The van der Waals surface area contributed by atoms with Gasteiger partial charge in [-0.2, -0.15) is 0 Å². The van der Waals surface area contributed by atoms with E-state index in [4.69, 9.17) is 4.42 Å². The number of hydrogen-bond acceptors (Lipinski definition) is 4. The van der Waals surface area contributed by atoms with Gasteiger partial charge >= 0.3 is 0 Å². The molecule has 1 aliphatic rings. The van der Waals surface area contributed by atoms with Gasteiger partial charge in [0.2, 0.25) is 0 Å². The lowest BCUT2D eigenvalue weighted by Crippen LogP contribution is -2.47. The summed E-state index contributed by atoms with van der Waals surface area (Å²) in [5, 5.41) is 0.588. The highest BCUT2D eigenvalue weighted by Gasteiger charge is 2.22. The molecule has 126 valence electrons. The first-order valence-corrected chi connectivity index (χ1v) is 10.2. The lowest BCUT2D eigenvalue weighted by Gasteiger charge is -2.34. The van der Waals surface area contributed by atoms with Crippen molar-refractivity contribution in [3.63, 3.8) is 0 Å². The molecule has 8 heteroatoms. The number of furan rings is 1. The number of halogens is 1. The molecule has 0 saturated carbocycles. The van der Waals surface area contributed by atoms with Crippen LogP contribution in [0.2, 0.25) is 0 Å². The topological polar surface area (TPSA) is 58.7 Å². The first-order chi connectivity index (χ1) is 10.8. The highest BCUT2D eigenvalue weighted by molar-refractivity contribution is 9.10. The fraction of sp³-hybridized carbons (Fsp3) is 0.467. The van der Waals surface area contributed by atoms with E-state index in [-0.39, 0.29) is 5.56 Å². The monoisotopic (exact) mass is 401 g/mol. The third kappa shape index (κ3) is 3.40. The Hall–Kier alpha value is -1.09. The van der Waals surface area contributed by atoms with Crippen LogP contribution >= 0.6 is 15.9 Å². The molecule has 3 heterocycles. The Morgan fingerprint density at radius 3 is 2.61 bits per heavy atom. The molecule has 1 aliphatic heterocycles. The molecule has 0 spiro atoms. The van der Waals surface area contributed by atoms with Crippen molar-refractivity contribution in [1.82, 2.24) is 13.8 Å². The van der Waals surface area contributed by atoms with Crippen LogP contribution in [0, 0.1) is 0 Å². The average Bonchev–Trinajstić information content (AvgIpc) is 2.89. The molecule has 0 aliphatic carbocycles. The van der Waals surface area contributed by atoms with Gasteiger partial charge in [0.1, 0.15) is 5.76 Å². The summed E-state index contributed by atoms with van der Waals surface area (Å²) in [7, 11) is -0.404. The zero-order valence-electron chi connectivity index (χ0n) is 13.2. The van der Waals surface area contributed by atoms with Crippen LogP contribution in [0.1, 0.15) is 5.76 Å². The van der Waals surface area contributed by atoms with E-state index in [9.17, 15) is 9.00 Å². The number of piperazine rings is 1. The third-order valence-electron chi connectivity index (χ3n) is 4.11. The van der Waals surface area contributed by atoms with E-state index in [2.05, 4.69) is 26.7 Å². The second-order valence-corrected chi connectivity index (χ2v) is 9.30. The van der Waals surface area contributed by atoms with Gasteiger partial charge in [-0.3, -0.25) is 13.9 Å². The Bertz CT molecular complexity index is 893. The summed E-state index contributed by atoms with van der Waals surface area (Å²) in [6, 6.07) is 1.82. The summed E-state index contributed by atoms with van der Waals surface area (Å²) in [5.74, 6) is 4.50. The molecule has 0 radical (unpaired) electrons. The van der Waals surface area contributed by atoms with Crippen molar-refractivity contribution in [3.8, 4) is 0 Å². The molecule has 0 N–H and O–H groups in total. The lowest BCUT2D eigenvalue weighted by atomic mass is 10.3. The predicted molar refractivity (Wildman–Crippen MR) is 97.2 cm³/mol. The summed E-state index contributed by atoms with van der Waals surface area (Å²) < 4.78 is 22.0. The van der Waals surface area contributed by atoms with Crippen molar-refractivity contribution in [3.05, 3.63) is 32.8 Å². The maximum atomic E-state index is 12.2. The predicted octanol–water partition coefficient (Wildman–Crippen LogP) is 1.27. The van der Waals surface area contributed by atoms with E-state index in [1.807, 2.05) is 10.4 Å². The first-order valence-electron chi connectivity index (χ1n) is 7.33. The average molecular weight is 402 g/mol. The smallest absolute Gasteiger partial charge is 0.261 e. The van der Waals surface area contributed by atoms with Crippen molar-refractivity contribution >= 4 is 42.5 Å². The highest BCUT2D eigenvalue weighted by atomic mass is 79.9. The van der Waals surface area contributed by atoms with Crippen molar-refractivity contribution in [2.45, 2.75) is 6.54 Å². The molecule has 2 aromatic rings. The molecular weight excluding hydrogens is 382 g/mol. The second-order valence-electron chi connectivity index (χ2n) is 6.01. The normalized spacial score (nSPS) is 20.0. The number of pyridine rings is 1. The van der Waals surface area contributed by atoms with Gasteiger partial charge in [-0.15, -0.1) is 0 Å². The van der Waals surface area contributed by atoms with E-state index >= 15 is 0 Å². The molecule has 1 unspecified atom stereocenters. The number of aromatic nitrogens is 1. The Balaban J connectivity index is 1.77. The number of hydrogen-bond donors (Lipinski definition) is 0. The van der Waals surface area contributed by atoms with E-state index < -0.39 is 9.71 Å². The van der Waals surface area contributed by atoms with Gasteiger partial charge in [-0.05, 0) is 27.9 Å². The summed E-state index contributed by atoms with van der Waals surface area (Å²) >= 11 is 3.44. The van der Waals surface area contributed by atoms with Crippen LogP contribution in [0.5, 0.6) is 0 Å². The van der Waals surface area contributed by atoms with E-state index in [0.717, 1.165) is 36.4 Å². The highest BCUT2D eigenvalue weighted by Crippen LogP contribution is 2.25. The fourth-order valence-electron chi connectivity index (χ4n) is 2.83. The van der Waals surface area contributed by atoms with Gasteiger partial charge in [0.05, 0.1) is 16.4 Å². The standard InChI is InChI=1S/C15H20BrN3O3S/c1-17-10-13(16)14-12(15(17)20)8-11(22-14)9-18-4-6-19(7-5-18)23(2,3)21/h8,10H,2,4-7,9H2,1,3H3. The minimum absolute atomic E-state index is 0.0641. The maximum absolute atomic E-state index is 12.2. The molecule has 1 fully saturated rings. The number of aryl methyl sites for hydroxylation is 1. The molecule has 0 bridgehead atoms. The van der Waals surface area contributed by atoms with Crippen molar-refractivity contribution in [2.24, 2.45) is 7.05 Å². The van der Waals surface area contributed by atoms with Gasteiger partial charge in [-0.25, -0.2) is 4.31 Å². The molecule has 0 aromatic carbocycles. The van der Waals surface area contributed by atoms with E-state index in [0.29, 0.717) is 17.5 Å². The van der Waals surface area contributed by atoms with E-state index in [1.54, 1.807) is 19.5 Å². The van der Waals surface area contributed by atoms with Crippen molar-refractivity contribution < 1.29 is 8.63 Å². The number of rotatable bonds is 3. The fourth-order valence-corrected chi connectivity index (χ4v) is 4.37. The van der Waals surface area contributed by atoms with Crippen LogP contribution in [-0.4, -0.2) is 56.3 Å². The Kier molecular flexibility index (Phi) is 4.43. The van der Waals surface area contributed by atoms with Gasteiger partial charge in [0, 0.05) is 55.4 Å². The molecule has 3 rings (SSSR count). The van der Waals surface area contributed by atoms with E-state index in [1.165, 1.54) is 4.57 Å². The number of nitrogens with zero attached hydrogens (tertiary/aromatic N) is 3.